The molecule has 0 atom stereocenters. The van der Waals surface area contributed by atoms with Crippen molar-refractivity contribution in [1.29, 1.82) is 5.41 Å². The minimum atomic E-state index is -1.34. The van der Waals surface area contributed by atoms with Crippen LogP contribution in [0.15, 0.2) is 41.2 Å². The van der Waals surface area contributed by atoms with Crippen molar-refractivity contribution in [3.8, 4) is 0 Å². The Kier molecular flexibility index (Phi) is 6.38. The summed E-state index contributed by atoms with van der Waals surface area (Å²) in [7, 11) is 0. The van der Waals surface area contributed by atoms with E-state index in [4.69, 9.17) is 9.93 Å². The van der Waals surface area contributed by atoms with Crippen molar-refractivity contribution >= 4 is 35.2 Å². The third kappa shape index (κ3) is 4.51. The molecule has 3 amide bonds. The fourth-order valence-electron chi connectivity index (χ4n) is 3.05. The van der Waals surface area contributed by atoms with Crippen molar-refractivity contribution in [3.05, 3.63) is 64.7 Å². The molecule has 2 aromatic heterocycles. The van der Waals surface area contributed by atoms with Crippen molar-refractivity contribution in [2.75, 3.05) is 17.2 Å². The van der Waals surface area contributed by atoms with Crippen molar-refractivity contribution in [2.45, 2.75) is 20.8 Å². The highest BCUT2D eigenvalue weighted by Crippen LogP contribution is 2.21. The largest absolute Gasteiger partial charge is 0.465 e. The summed E-state index contributed by atoms with van der Waals surface area (Å²) >= 11 is 0. The van der Waals surface area contributed by atoms with E-state index in [-0.39, 0.29) is 23.8 Å². The summed E-state index contributed by atoms with van der Waals surface area (Å²) in [4.78, 5) is 39.8. The Balaban J connectivity index is 1.80. The summed E-state index contributed by atoms with van der Waals surface area (Å²) in [6.07, 6.45) is 1.38. The fraction of sp³-hybridized carbons (Fsp3) is 0.190. The normalized spacial score (nSPS) is 10.5. The number of amidine groups is 1. The van der Waals surface area contributed by atoms with E-state index >= 15 is 0 Å². The summed E-state index contributed by atoms with van der Waals surface area (Å²) in [6.45, 7) is 5.01. The Labute approximate surface area is 182 Å². The smallest absolute Gasteiger partial charge is 0.414 e. The van der Waals surface area contributed by atoms with Crippen LogP contribution in [0.5, 0.6) is 0 Å². The lowest BCUT2D eigenvalue weighted by Gasteiger charge is -2.15. The van der Waals surface area contributed by atoms with Crippen molar-refractivity contribution in [1.82, 2.24) is 15.0 Å². The molecule has 0 aliphatic heterocycles. The van der Waals surface area contributed by atoms with Gasteiger partial charge in [0.15, 0.2) is 5.82 Å². The number of H-pyrrole nitrogens is 1. The maximum absolute atomic E-state index is 12.5. The highest BCUT2D eigenvalue weighted by atomic mass is 16.5. The molecule has 0 spiro atoms. The van der Waals surface area contributed by atoms with E-state index in [1.807, 2.05) is 6.92 Å². The molecule has 0 saturated heterocycles. The second-order valence-corrected chi connectivity index (χ2v) is 6.90. The molecule has 0 aliphatic carbocycles. The number of anilines is 2. The number of rotatable bonds is 6. The molecule has 0 fully saturated rings. The molecule has 3 aromatic rings. The lowest BCUT2D eigenvalue weighted by molar-refractivity contribution is 0.0750. The molecule has 0 radical (unpaired) electrons. The van der Waals surface area contributed by atoms with E-state index < -0.39 is 17.9 Å². The molecule has 0 aliphatic rings. The quantitative estimate of drug-likeness (QED) is 0.290. The number of aromatic amines is 1. The standard InChI is InChI=1S/C21H22N6O5/c1-4-27(21(30)31)20(29)14-10-23-17(12(14)3)18(22)24-15-9-13(6-5-11(15)2)19(28)25-16-7-8-32-26-16/h5-10,23H,4H2,1-3H3,(H2,22,24)(H,30,31)(H,25,26,28). The van der Waals surface area contributed by atoms with Gasteiger partial charge in [-0.25, -0.2) is 9.69 Å². The van der Waals surface area contributed by atoms with Crippen molar-refractivity contribution < 1.29 is 24.0 Å². The zero-order valence-electron chi connectivity index (χ0n) is 17.6. The van der Waals surface area contributed by atoms with Gasteiger partial charge < -0.3 is 25.2 Å². The number of aromatic nitrogens is 2. The Hall–Kier alpha value is -4.41. The maximum atomic E-state index is 12.5. The minimum Gasteiger partial charge on any atom is -0.465 e. The van der Waals surface area contributed by atoms with Gasteiger partial charge in [0.05, 0.1) is 11.3 Å². The van der Waals surface area contributed by atoms with E-state index in [0.717, 1.165) is 5.56 Å². The number of carboxylic acid groups (broad SMARTS) is 1. The lowest BCUT2D eigenvalue weighted by Crippen LogP contribution is -2.35. The van der Waals surface area contributed by atoms with Crippen LogP contribution in [0.3, 0.4) is 0 Å². The summed E-state index contributed by atoms with van der Waals surface area (Å²) in [5.41, 5.74) is 2.57. The number of hydrogen-bond acceptors (Lipinski definition) is 6. The summed E-state index contributed by atoms with van der Waals surface area (Å²) < 4.78 is 4.69. The topological polar surface area (TPSA) is 164 Å². The van der Waals surface area contributed by atoms with Crippen LogP contribution in [-0.4, -0.2) is 50.4 Å². The van der Waals surface area contributed by atoms with Crippen molar-refractivity contribution in [2.24, 2.45) is 0 Å². The summed E-state index contributed by atoms with van der Waals surface area (Å²) in [5.74, 6) is -0.835. The van der Waals surface area contributed by atoms with E-state index in [0.29, 0.717) is 27.4 Å². The molecule has 0 saturated carbocycles. The molecule has 32 heavy (non-hydrogen) atoms. The number of carbonyl (C=O) groups excluding carboxylic acids is 2. The molecule has 11 nitrogen and oxygen atoms in total. The van der Waals surface area contributed by atoms with Crippen LogP contribution in [0.4, 0.5) is 16.3 Å². The molecular formula is C21H22N6O5. The first kappa shape index (κ1) is 22.3. The second kappa shape index (κ2) is 9.16. The first-order valence-electron chi connectivity index (χ1n) is 9.64. The number of benzene rings is 1. The molecule has 2 heterocycles. The van der Waals surface area contributed by atoms with Gasteiger partial charge in [0, 0.05) is 30.1 Å². The number of hydrogen-bond donors (Lipinski definition) is 5. The van der Waals surface area contributed by atoms with Crippen LogP contribution in [0.2, 0.25) is 0 Å². The summed E-state index contributed by atoms with van der Waals surface area (Å²) in [6, 6.07) is 6.47. The maximum Gasteiger partial charge on any atom is 0.414 e. The Bertz CT molecular complexity index is 1180. The van der Waals surface area contributed by atoms with E-state index in [2.05, 4.69) is 20.8 Å². The van der Waals surface area contributed by atoms with Gasteiger partial charge in [0.1, 0.15) is 12.1 Å². The number of aryl methyl sites for hydroxylation is 1. The molecular weight excluding hydrogens is 416 g/mol. The van der Waals surface area contributed by atoms with E-state index in [1.165, 1.54) is 18.5 Å². The molecule has 1 aromatic carbocycles. The van der Waals surface area contributed by atoms with Gasteiger partial charge in [-0.15, -0.1) is 0 Å². The molecule has 3 rings (SSSR count). The van der Waals surface area contributed by atoms with Crippen LogP contribution in [-0.2, 0) is 0 Å². The number of nitrogens with zero attached hydrogens (tertiary/aromatic N) is 2. The first-order chi connectivity index (χ1) is 15.2. The lowest BCUT2D eigenvalue weighted by atomic mass is 10.1. The molecule has 5 N–H and O–H groups in total. The van der Waals surface area contributed by atoms with Gasteiger partial charge >= 0.3 is 6.09 Å². The van der Waals surface area contributed by atoms with Crippen LogP contribution < -0.4 is 10.6 Å². The van der Waals surface area contributed by atoms with Gasteiger partial charge in [0.25, 0.3) is 11.8 Å². The fourth-order valence-corrected chi connectivity index (χ4v) is 3.05. The van der Waals surface area contributed by atoms with Gasteiger partial charge in [0.2, 0.25) is 0 Å². The zero-order valence-corrected chi connectivity index (χ0v) is 17.6. The third-order valence-corrected chi connectivity index (χ3v) is 4.85. The Morgan fingerprint density at radius 1 is 1.22 bits per heavy atom. The average Bonchev–Trinajstić information content (AvgIpc) is 3.39. The van der Waals surface area contributed by atoms with Crippen LogP contribution in [0.25, 0.3) is 0 Å². The average molecular weight is 438 g/mol. The third-order valence-electron chi connectivity index (χ3n) is 4.85. The highest BCUT2D eigenvalue weighted by Gasteiger charge is 2.25. The second-order valence-electron chi connectivity index (χ2n) is 6.90. The number of imide groups is 1. The van der Waals surface area contributed by atoms with Crippen LogP contribution >= 0.6 is 0 Å². The van der Waals surface area contributed by atoms with Crippen LogP contribution in [0, 0.1) is 19.3 Å². The van der Waals surface area contributed by atoms with Crippen molar-refractivity contribution in [3.63, 3.8) is 0 Å². The zero-order chi connectivity index (χ0) is 23.4. The molecule has 11 heteroatoms. The predicted molar refractivity (Wildman–Crippen MR) is 116 cm³/mol. The monoisotopic (exact) mass is 438 g/mol. The minimum absolute atomic E-state index is 0.00616. The van der Waals surface area contributed by atoms with Crippen LogP contribution in [0.1, 0.15) is 44.5 Å². The molecule has 0 bridgehead atoms. The Morgan fingerprint density at radius 3 is 2.59 bits per heavy atom. The van der Waals surface area contributed by atoms with E-state index in [9.17, 15) is 19.5 Å². The number of amides is 3. The van der Waals surface area contributed by atoms with Gasteiger partial charge in [-0.1, -0.05) is 11.2 Å². The van der Waals surface area contributed by atoms with E-state index in [1.54, 1.807) is 32.0 Å². The number of nitrogens with one attached hydrogen (secondary N) is 4. The van der Waals surface area contributed by atoms with Gasteiger partial charge in [-0.2, -0.15) is 0 Å². The van der Waals surface area contributed by atoms with Gasteiger partial charge in [-0.05, 0) is 44.0 Å². The highest BCUT2D eigenvalue weighted by molar-refractivity contribution is 6.11. The SMILES string of the molecule is CCN(C(=O)O)C(=O)c1c[nH]c(C(=N)Nc2cc(C(=O)Nc3ccon3)ccc2C)c1C. The predicted octanol–water partition coefficient (Wildman–Crippen LogP) is 3.45. The molecule has 166 valence electrons. The molecule has 0 unspecified atom stereocenters. The summed E-state index contributed by atoms with van der Waals surface area (Å²) in [5, 5.41) is 26.8. The Morgan fingerprint density at radius 2 is 1.97 bits per heavy atom. The first-order valence-corrected chi connectivity index (χ1v) is 9.64. The number of carbonyl (C=O) groups is 3. The van der Waals surface area contributed by atoms with Gasteiger partial charge in [-0.3, -0.25) is 15.0 Å².